The van der Waals surface area contributed by atoms with Gasteiger partial charge >= 0.3 is 0 Å². The highest BCUT2D eigenvalue weighted by Crippen LogP contribution is 2.39. The number of carbonyl (C=O) groups excluding carboxylic acids is 2. The molecule has 2 heterocycles. The van der Waals surface area contributed by atoms with Crippen molar-refractivity contribution in [3.63, 3.8) is 0 Å². The zero-order chi connectivity index (χ0) is 20.4. The van der Waals surface area contributed by atoms with Crippen LogP contribution in [0, 0.1) is 0 Å². The third kappa shape index (κ3) is 4.17. The molecule has 1 fully saturated rings. The van der Waals surface area contributed by atoms with Crippen molar-refractivity contribution in [1.82, 2.24) is 4.90 Å². The number of amides is 1. The SMILES string of the molecule is NC(=O)/C(O)=C\c1ccc2c(c1)C(=O)CC1(CCCN(Cc3ccccc3)C1)O2. The van der Waals surface area contributed by atoms with Crippen LogP contribution in [-0.2, 0) is 11.3 Å². The molecule has 150 valence electrons. The van der Waals surface area contributed by atoms with Crippen LogP contribution in [0.1, 0.15) is 40.7 Å². The lowest BCUT2D eigenvalue weighted by atomic mass is 9.83. The molecule has 1 amide bonds. The summed E-state index contributed by atoms with van der Waals surface area (Å²) in [6, 6.07) is 15.4. The number of nitrogens with two attached hydrogens (primary N) is 1. The van der Waals surface area contributed by atoms with Gasteiger partial charge < -0.3 is 15.6 Å². The van der Waals surface area contributed by atoms with Crippen molar-refractivity contribution in [2.75, 3.05) is 13.1 Å². The van der Waals surface area contributed by atoms with E-state index >= 15 is 0 Å². The van der Waals surface area contributed by atoms with Gasteiger partial charge in [-0.15, -0.1) is 0 Å². The number of nitrogens with zero attached hydrogens (tertiary/aromatic N) is 1. The smallest absolute Gasteiger partial charge is 0.283 e. The second-order valence-corrected chi connectivity index (χ2v) is 7.83. The number of ether oxygens (including phenoxy) is 1. The summed E-state index contributed by atoms with van der Waals surface area (Å²) in [5.74, 6) is -0.889. The number of aliphatic hydroxyl groups is 1. The minimum absolute atomic E-state index is 0.0154. The minimum atomic E-state index is -0.912. The molecule has 0 aromatic heterocycles. The molecule has 0 radical (unpaired) electrons. The second kappa shape index (κ2) is 7.72. The fourth-order valence-corrected chi connectivity index (χ4v) is 4.23. The van der Waals surface area contributed by atoms with Crippen molar-refractivity contribution >= 4 is 17.8 Å². The van der Waals surface area contributed by atoms with Gasteiger partial charge in [-0.2, -0.15) is 0 Å². The van der Waals surface area contributed by atoms with Gasteiger partial charge in [0.15, 0.2) is 11.5 Å². The zero-order valence-electron chi connectivity index (χ0n) is 16.1. The van der Waals surface area contributed by atoms with Crippen LogP contribution in [0.3, 0.4) is 0 Å². The van der Waals surface area contributed by atoms with Crippen LogP contribution in [0.15, 0.2) is 54.3 Å². The molecule has 0 saturated carbocycles. The normalized spacial score (nSPS) is 22.2. The number of benzene rings is 2. The highest BCUT2D eigenvalue weighted by atomic mass is 16.5. The number of fused-ring (bicyclic) bond motifs is 1. The number of carbonyl (C=O) groups is 2. The van der Waals surface area contributed by atoms with Crippen molar-refractivity contribution in [3.05, 3.63) is 71.0 Å². The van der Waals surface area contributed by atoms with Crippen LogP contribution in [0.4, 0.5) is 0 Å². The summed E-state index contributed by atoms with van der Waals surface area (Å²) in [5.41, 5.74) is 6.80. The number of ketones is 1. The van der Waals surface area contributed by atoms with E-state index in [1.54, 1.807) is 18.2 Å². The molecular weight excluding hydrogens is 368 g/mol. The van der Waals surface area contributed by atoms with Crippen LogP contribution in [-0.4, -0.2) is 40.4 Å². The first-order valence-corrected chi connectivity index (χ1v) is 9.77. The van der Waals surface area contributed by atoms with E-state index < -0.39 is 17.3 Å². The molecule has 2 aromatic carbocycles. The molecule has 0 bridgehead atoms. The monoisotopic (exact) mass is 392 g/mol. The largest absolute Gasteiger partial charge is 0.503 e. The van der Waals surface area contributed by atoms with Crippen molar-refractivity contribution in [2.45, 2.75) is 31.4 Å². The number of piperidine rings is 1. The van der Waals surface area contributed by atoms with E-state index in [0.717, 1.165) is 25.9 Å². The van der Waals surface area contributed by atoms with Crippen LogP contribution in [0.2, 0.25) is 0 Å². The van der Waals surface area contributed by atoms with Gasteiger partial charge in [-0.3, -0.25) is 14.5 Å². The van der Waals surface area contributed by atoms with Gasteiger partial charge in [0, 0.05) is 13.1 Å². The minimum Gasteiger partial charge on any atom is -0.503 e. The van der Waals surface area contributed by atoms with E-state index in [2.05, 4.69) is 17.0 Å². The van der Waals surface area contributed by atoms with Crippen molar-refractivity contribution < 1.29 is 19.4 Å². The lowest BCUT2D eigenvalue weighted by Gasteiger charge is -2.45. The molecule has 2 aliphatic rings. The van der Waals surface area contributed by atoms with Gasteiger partial charge in [0.05, 0.1) is 12.0 Å². The molecule has 1 unspecified atom stereocenters. The molecule has 3 N–H and O–H groups in total. The van der Waals surface area contributed by atoms with E-state index in [1.807, 2.05) is 18.2 Å². The summed E-state index contributed by atoms with van der Waals surface area (Å²) in [5, 5.41) is 9.56. The maximum Gasteiger partial charge on any atom is 0.283 e. The second-order valence-electron chi connectivity index (χ2n) is 7.83. The molecule has 29 heavy (non-hydrogen) atoms. The lowest BCUT2D eigenvalue weighted by Crippen LogP contribution is -2.54. The Morgan fingerprint density at radius 2 is 2.03 bits per heavy atom. The highest BCUT2D eigenvalue weighted by molar-refractivity contribution is 6.01. The predicted molar refractivity (Wildman–Crippen MR) is 110 cm³/mol. The van der Waals surface area contributed by atoms with Gasteiger partial charge in [-0.05, 0) is 48.7 Å². The molecular formula is C23H24N2O4. The Labute approximate surface area is 169 Å². The topological polar surface area (TPSA) is 92.9 Å². The number of likely N-dealkylation sites (tertiary alicyclic amines) is 1. The van der Waals surface area contributed by atoms with Crippen molar-refractivity contribution in [3.8, 4) is 5.75 Å². The Kier molecular flexibility index (Phi) is 5.11. The van der Waals surface area contributed by atoms with E-state index in [-0.39, 0.29) is 5.78 Å². The Morgan fingerprint density at radius 1 is 1.24 bits per heavy atom. The Hall–Kier alpha value is -3.12. The van der Waals surface area contributed by atoms with Crippen LogP contribution >= 0.6 is 0 Å². The number of rotatable bonds is 4. The summed E-state index contributed by atoms with van der Waals surface area (Å²) in [7, 11) is 0. The van der Waals surface area contributed by atoms with E-state index in [0.29, 0.717) is 29.8 Å². The average molecular weight is 392 g/mol. The van der Waals surface area contributed by atoms with Crippen LogP contribution in [0.5, 0.6) is 5.75 Å². The Morgan fingerprint density at radius 3 is 2.79 bits per heavy atom. The molecule has 1 spiro atoms. The third-order valence-electron chi connectivity index (χ3n) is 5.54. The van der Waals surface area contributed by atoms with E-state index in [9.17, 15) is 14.7 Å². The summed E-state index contributed by atoms with van der Waals surface area (Å²) in [6.45, 7) is 2.53. The number of aliphatic hydroxyl groups excluding tert-OH is 1. The summed E-state index contributed by atoms with van der Waals surface area (Å²) in [6.07, 6.45) is 3.39. The van der Waals surface area contributed by atoms with Crippen LogP contribution in [0.25, 0.3) is 6.08 Å². The molecule has 1 saturated heterocycles. The fraction of sp³-hybridized carbons (Fsp3) is 0.304. The Bertz CT molecular complexity index is 970. The van der Waals surface area contributed by atoms with E-state index in [4.69, 9.17) is 10.5 Å². The average Bonchev–Trinajstić information content (AvgIpc) is 2.69. The molecule has 4 rings (SSSR count). The number of hydrogen-bond acceptors (Lipinski definition) is 5. The Balaban J connectivity index is 1.54. The first-order chi connectivity index (χ1) is 13.9. The molecule has 2 aromatic rings. The molecule has 0 aliphatic carbocycles. The number of primary amides is 1. The lowest BCUT2D eigenvalue weighted by molar-refractivity contribution is -0.116. The molecule has 1 atom stereocenters. The van der Waals surface area contributed by atoms with Crippen molar-refractivity contribution in [2.24, 2.45) is 5.73 Å². The van der Waals surface area contributed by atoms with Gasteiger partial charge in [0.25, 0.3) is 5.91 Å². The summed E-state index contributed by atoms with van der Waals surface area (Å²) >= 11 is 0. The molecule has 2 aliphatic heterocycles. The van der Waals surface area contributed by atoms with Crippen LogP contribution < -0.4 is 10.5 Å². The first-order valence-electron chi connectivity index (χ1n) is 9.77. The third-order valence-corrected chi connectivity index (χ3v) is 5.54. The highest BCUT2D eigenvalue weighted by Gasteiger charge is 2.43. The number of hydrogen-bond donors (Lipinski definition) is 2. The molecule has 6 heteroatoms. The van der Waals surface area contributed by atoms with E-state index in [1.165, 1.54) is 11.6 Å². The van der Waals surface area contributed by atoms with Crippen molar-refractivity contribution in [1.29, 1.82) is 0 Å². The summed E-state index contributed by atoms with van der Waals surface area (Å²) < 4.78 is 6.37. The van der Waals surface area contributed by atoms with Gasteiger partial charge in [0.2, 0.25) is 0 Å². The zero-order valence-corrected chi connectivity index (χ0v) is 16.1. The maximum atomic E-state index is 12.9. The molecule has 6 nitrogen and oxygen atoms in total. The first kappa shape index (κ1) is 19.2. The standard InChI is InChI=1S/C23H24N2O4/c24-22(28)19(26)12-17-7-8-21-18(11-17)20(27)13-23(29-21)9-4-10-25(15-23)14-16-5-2-1-3-6-16/h1-3,5-8,11-12,26H,4,9-10,13-15H2,(H2,24,28)/b19-12+. The summed E-state index contributed by atoms with van der Waals surface area (Å²) in [4.78, 5) is 26.3. The quantitative estimate of drug-likeness (QED) is 0.616. The fourth-order valence-electron chi connectivity index (χ4n) is 4.23. The maximum absolute atomic E-state index is 12.9. The van der Waals surface area contributed by atoms with Gasteiger partial charge in [-0.1, -0.05) is 36.4 Å². The van der Waals surface area contributed by atoms with Gasteiger partial charge in [-0.25, -0.2) is 0 Å². The van der Waals surface area contributed by atoms with Gasteiger partial charge in [0.1, 0.15) is 11.4 Å². The number of Topliss-reactive ketones (excluding diaryl/α,β-unsaturated/α-hetero) is 1. The predicted octanol–water partition coefficient (Wildman–Crippen LogP) is 3.07.